The minimum atomic E-state index is 0.482. The van der Waals surface area contributed by atoms with Crippen LogP contribution in [-0.2, 0) is 0 Å². The molecular formula is C19H38. The van der Waals surface area contributed by atoms with E-state index in [2.05, 4.69) is 48.5 Å². The Kier molecular flexibility index (Phi) is 5.96. The fraction of sp³-hybridized carbons (Fsp3) is 1.00. The van der Waals surface area contributed by atoms with Crippen LogP contribution in [0.2, 0.25) is 0 Å². The van der Waals surface area contributed by atoms with Crippen molar-refractivity contribution in [1.82, 2.24) is 0 Å². The molecule has 2 unspecified atom stereocenters. The average molecular weight is 267 g/mol. The summed E-state index contributed by atoms with van der Waals surface area (Å²) in [5.41, 5.74) is 0.976. The predicted molar refractivity (Wildman–Crippen MR) is 87.4 cm³/mol. The summed E-state index contributed by atoms with van der Waals surface area (Å²) in [6, 6.07) is 0. The second kappa shape index (κ2) is 6.64. The second-order valence-corrected chi connectivity index (χ2v) is 8.63. The summed E-state index contributed by atoms with van der Waals surface area (Å²) >= 11 is 0. The summed E-state index contributed by atoms with van der Waals surface area (Å²) in [6.45, 7) is 17.3. The molecule has 0 N–H and O–H groups in total. The predicted octanol–water partition coefficient (Wildman–Crippen LogP) is 6.69. The molecule has 0 amide bonds. The van der Waals surface area contributed by atoms with E-state index in [1.54, 1.807) is 0 Å². The summed E-state index contributed by atoms with van der Waals surface area (Å²) in [4.78, 5) is 0. The van der Waals surface area contributed by atoms with Crippen molar-refractivity contribution in [3.05, 3.63) is 0 Å². The maximum absolute atomic E-state index is 2.51. The Balaban J connectivity index is 2.86. The van der Waals surface area contributed by atoms with Gasteiger partial charge in [0.2, 0.25) is 0 Å². The van der Waals surface area contributed by atoms with Crippen molar-refractivity contribution in [2.24, 2.45) is 28.6 Å². The molecule has 0 aliphatic heterocycles. The van der Waals surface area contributed by atoms with E-state index < -0.39 is 0 Å². The van der Waals surface area contributed by atoms with Crippen LogP contribution in [-0.4, -0.2) is 0 Å². The molecule has 1 rings (SSSR count). The molecule has 0 heteroatoms. The molecule has 2 atom stereocenters. The summed E-state index contributed by atoms with van der Waals surface area (Å²) in [5, 5.41) is 0. The molecule has 1 aliphatic carbocycles. The molecule has 0 bridgehead atoms. The smallest absolute Gasteiger partial charge is 0.0303 e. The van der Waals surface area contributed by atoms with Crippen LogP contribution >= 0.6 is 0 Å². The van der Waals surface area contributed by atoms with Gasteiger partial charge in [0.1, 0.15) is 0 Å². The lowest BCUT2D eigenvalue weighted by Gasteiger charge is -2.45. The molecule has 1 saturated carbocycles. The topological polar surface area (TPSA) is 0 Å². The van der Waals surface area contributed by atoms with E-state index in [4.69, 9.17) is 0 Å². The van der Waals surface area contributed by atoms with Crippen LogP contribution in [0, 0.1) is 28.6 Å². The van der Waals surface area contributed by atoms with Gasteiger partial charge in [0.05, 0.1) is 0 Å². The quantitative estimate of drug-likeness (QED) is 0.522. The summed E-state index contributed by atoms with van der Waals surface area (Å²) < 4.78 is 0. The van der Waals surface area contributed by atoms with Crippen LogP contribution in [0.4, 0.5) is 0 Å². The van der Waals surface area contributed by atoms with Crippen molar-refractivity contribution >= 4 is 0 Å². The van der Waals surface area contributed by atoms with E-state index in [0.717, 1.165) is 17.8 Å². The Labute approximate surface area is 122 Å². The SMILES string of the molecule is CCC1CCCCC(C)(C)C(C)(C)CCC1C(C)C. The van der Waals surface area contributed by atoms with E-state index in [1.807, 2.05) is 0 Å². The van der Waals surface area contributed by atoms with Gasteiger partial charge < -0.3 is 0 Å². The molecule has 0 spiro atoms. The van der Waals surface area contributed by atoms with Gasteiger partial charge in [-0.2, -0.15) is 0 Å². The summed E-state index contributed by atoms with van der Waals surface area (Å²) in [5.74, 6) is 2.76. The third-order valence-corrected chi connectivity index (χ3v) is 6.55. The highest BCUT2D eigenvalue weighted by molar-refractivity contribution is 4.88. The molecule has 0 aromatic heterocycles. The van der Waals surface area contributed by atoms with Gasteiger partial charge in [0.15, 0.2) is 0 Å². The Morgan fingerprint density at radius 3 is 2.00 bits per heavy atom. The van der Waals surface area contributed by atoms with Crippen molar-refractivity contribution in [3.63, 3.8) is 0 Å². The minimum absolute atomic E-state index is 0.482. The van der Waals surface area contributed by atoms with E-state index in [0.29, 0.717) is 10.8 Å². The highest BCUT2D eigenvalue weighted by Crippen LogP contribution is 2.48. The summed E-state index contributed by atoms with van der Waals surface area (Å²) in [7, 11) is 0. The highest BCUT2D eigenvalue weighted by atomic mass is 14.4. The molecular weight excluding hydrogens is 228 g/mol. The van der Waals surface area contributed by atoms with E-state index in [1.165, 1.54) is 44.9 Å². The second-order valence-electron chi connectivity index (χ2n) is 8.63. The maximum Gasteiger partial charge on any atom is -0.0303 e. The third-order valence-electron chi connectivity index (χ3n) is 6.55. The zero-order chi connectivity index (χ0) is 14.7. The van der Waals surface area contributed by atoms with E-state index in [-0.39, 0.29) is 0 Å². The van der Waals surface area contributed by atoms with Crippen molar-refractivity contribution < 1.29 is 0 Å². The van der Waals surface area contributed by atoms with Crippen molar-refractivity contribution in [2.75, 3.05) is 0 Å². The number of hydrogen-bond acceptors (Lipinski definition) is 0. The van der Waals surface area contributed by atoms with Gasteiger partial charge in [-0.25, -0.2) is 0 Å². The van der Waals surface area contributed by atoms with Crippen LogP contribution in [0.25, 0.3) is 0 Å². The van der Waals surface area contributed by atoms with Crippen LogP contribution in [0.1, 0.15) is 93.4 Å². The standard InChI is InChI=1S/C19H38/c1-8-16-11-9-10-13-18(4,5)19(6,7)14-12-17(16)15(2)3/h15-17H,8-14H2,1-7H3. The van der Waals surface area contributed by atoms with Gasteiger partial charge in [-0.15, -0.1) is 0 Å². The van der Waals surface area contributed by atoms with Gasteiger partial charge in [0, 0.05) is 0 Å². The fourth-order valence-electron chi connectivity index (χ4n) is 4.01. The average Bonchev–Trinajstić information content (AvgIpc) is 2.30. The lowest BCUT2D eigenvalue weighted by molar-refractivity contribution is 0.0571. The molecule has 1 aliphatic rings. The Bertz CT molecular complexity index is 259. The molecule has 0 radical (unpaired) electrons. The normalized spacial score (nSPS) is 32.2. The van der Waals surface area contributed by atoms with Crippen molar-refractivity contribution in [2.45, 2.75) is 93.4 Å². The molecule has 19 heavy (non-hydrogen) atoms. The first-order chi connectivity index (χ1) is 8.71. The monoisotopic (exact) mass is 266 g/mol. The van der Waals surface area contributed by atoms with E-state index >= 15 is 0 Å². The van der Waals surface area contributed by atoms with Gasteiger partial charge in [0.25, 0.3) is 0 Å². The van der Waals surface area contributed by atoms with Crippen molar-refractivity contribution in [3.8, 4) is 0 Å². The van der Waals surface area contributed by atoms with Crippen LogP contribution in [0.3, 0.4) is 0 Å². The van der Waals surface area contributed by atoms with Crippen LogP contribution in [0.5, 0.6) is 0 Å². The largest absolute Gasteiger partial charge is 0.0651 e. The lowest BCUT2D eigenvalue weighted by Crippen LogP contribution is -2.35. The first kappa shape index (κ1) is 17.1. The fourth-order valence-corrected chi connectivity index (χ4v) is 4.01. The molecule has 114 valence electrons. The first-order valence-corrected chi connectivity index (χ1v) is 8.71. The minimum Gasteiger partial charge on any atom is -0.0651 e. The molecule has 0 nitrogen and oxygen atoms in total. The van der Waals surface area contributed by atoms with Crippen LogP contribution in [0.15, 0.2) is 0 Å². The number of hydrogen-bond donors (Lipinski definition) is 0. The van der Waals surface area contributed by atoms with Crippen LogP contribution < -0.4 is 0 Å². The van der Waals surface area contributed by atoms with Gasteiger partial charge in [-0.3, -0.25) is 0 Å². The zero-order valence-electron chi connectivity index (χ0n) is 14.7. The summed E-state index contributed by atoms with van der Waals surface area (Å²) in [6.07, 6.45) is 9.97. The van der Waals surface area contributed by atoms with Crippen molar-refractivity contribution in [1.29, 1.82) is 0 Å². The van der Waals surface area contributed by atoms with Gasteiger partial charge in [-0.1, -0.05) is 74.1 Å². The number of rotatable bonds is 2. The molecule has 1 fully saturated rings. The van der Waals surface area contributed by atoms with Gasteiger partial charge >= 0.3 is 0 Å². The van der Waals surface area contributed by atoms with Gasteiger partial charge in [-0.05, 0) is 47.8 Å². The molecule has 0 aromatic rings. The molecule has 0 heterocycles. The molecule has 0 aromatic carbocycles. The van der Waals surface area contributed by atoms with E-state index in [9.17, 15) is 0 Å². The zero-order valence-corrected chi connectivity index (χ0v) is 14.7. The third kappa shape index (κ3) is 4.23. The Morgan fingerprint density at radius 1 is 0.895 bits per heavy atom. The Morgan fingerprint density at radius 2 is 1.47 bits per heavy atom. The highest BCUT2D eigenvalue weighted by Gasteiger charge is 2.38. The molecule has 0 saturated heterocycles. The Hall–Kier alpha value is 0. The maximum atomic E-state index is 2.51. The first-order valence-electron chi connectivity index (χ1n) is 8.71. The lowest BCUT2D eigenvalue weighted by atomic mass is 9.61.